The summed E-state index contributed by atoms with van der Waals surface area (Å²) in [5, 5.41) is 0. The summed E-state index contributed by atoms with van der Waals surface area (Å²) in [6.45, 7) is 6.48. The molecule has 3 nitrogen and oxygen atoms in total. The lowest BCUT2D eigenvalue weighted by atomic mass is 9.93. The molecule has 3 heteroatoms. The van der Waals surface area contributed by atoms with E-state index >= 15 is 0 Å². The van der Waals surface area contributed by atoms with Crippen molar-refractivity contribution in [3.05, 3.63) is 34.9 Å². The van der Waals surface area contributed by atoms with Gasteiger partial charge < -0.3 is 10.6 Å². The van der Waals surface area contributed by atoms with E-state index in [1.807, 2.05) is 4.90 Å². The summed E-state index contributed by atoms with van der Waals surface area (Å²) in [6, 6.07) is 6.28. The highest BCUT2D eigenvalue weighted by molar-refractivity contribution is 5.79. The molecule has 2 N–H and O–H groups in total. The number of amides is 1. The summed E-state index contributed by atoms with van der Waals surface area (Å²) in [6.07, 6.45) is 3.03. The zero-order valence-corrected chi connectivity index (χ0v) is 12.0. The SMILES string of the molecule is Cc1cccc(CC(CN)C(=O)N2CCCC2)c1C. The zero-order chi connectivity index (χ0) is 13.8. The Morgan fingerprint density at radius 3 is 2.63 bits per heavy atom. The summed E-state index contributed by atoms with van der Waals surface area (Å²) < 4.78 is 0. The molecule has 1 fully saturated rings. The van der Waals surface area contributed by atoms with Crippen LogP contribution in [0.2, 0.25) is 0 Å². The monoisotopic (exact) mass is 260 g/mol. The standard InChI is InChI=1S/C16H24N2O/c1-12-6-5-7-14(13(12)2)10-15(11-17)16(19)18-8-3-4-9-18/h5-7,15H,3-4,8-11,17H2,1-2H3. The number of likely N-dealkylation sites (tertiary alicyclic amines) is 1. The molecule has 0 bridgehead atoms. The molecular formula is C16H24N2O. The van der Waals surface area contributed by atoms with Crippen molar-refractivity contribution in [3.8, 4) is 0 Å². The highest BCUT2D eigenvalue weighted by atomic mass is 16.2. The largest absolute Gasteiger partial charge is 0.342 e. The highest BCUT2D eigenvalue weighted by Crippen LogP contribution is 2.19. The zero-order valence-electron chi connectivity index (χ0n) is 12.0. The number of nitrogens with zero attached hydrogens (tertiary/aromatic N) is 1. The third kappa shape index (κ3) is 3.16. The normalized spacial score (nSPS) is 16.7. The van der Waals surface area contributed by atoms with E-state index in [0.717, 1.165) is 32.4 Å². The molecule has 1 unspecified atom stereocenters. The predicted molar refractivity (Wildman–Crippen MR) is 78.0 cm³/mol. The minimum atomic E-state index is -0.0707. The van der Waals surface area contributed by atoms with Crippen LogP contribution in [0.25, 0.3) is 0 Å². The fourth-order valence-electron chi connectivity index (χ4n) is 2.77. The molecule has 1 atom stereocenters. The van der Waals surface area contributed by atoms with Crippen molar-refractivity contribution in [2.24, 2.45) is 11.7 Å². The quantitative estimate of drug-likeness (QED) is 0.900. The van der Waals surface area contributed by atoms with Gasteiger partial charge in [0.1, 0.15) is 0 Å². The van der Waals surface area contributed by atoms with Crippen LogP contribution in [0.15, 0.2) is 18.2 Å². The maximum Gasteiger partial charge on any atom is 0.227 e. The van der Waals surface area contributed by atoms with Crippen molar-refractivity contribution in [1.82, 2.24) is 4.90 Å². The van der Waals surface area contributed by atoms with Crippen molar-refractivity contribution in [1.29, 1.82) is 0 Å². The van der Waals surface area contributed by atoms with Crippen molar-refractivity contribution >= 4 is 5.91 Å². The molecule has 19 heavy (non-hydrogen) atoms. The van der Waals surface area contributed by atoms with Crippen molar-refractivity contribution < 1.29 is 4.79 Å². The van der Waals surface area contributed by atoms with Gasteiger partial charge in [-0.05, 0) is 49.8 Å². The lowest BCUT2D eigenvalue weighted by Gasteiger charge is -2.23. The molecule has 0 aromatic heterocycles. The molecule has 0 saturated carbocycles. The second-order valence-corrected chi connectivity index (χ2v) is 5.53. The average molecular weight is 260 g/mol. The fourth-order valence-corrected chi connectivity index (χ4v) is 2.77. The van der Waals surface area contributed by atoms with Gasteiger partial charge in [0.2, 0.25) is 5.91 Å². The van der Waals surface area contributed by atoms with E-state index in [1.165, 1.54) is 16.7 Å². The minimum absolute atomic E-state index is 0.0707. The lowest BCUT2D eigenvalue weighted by molar-refractivity contribution is -0.134. The number of aryl methyl sites for hydroxylation is 1. The number of hydrogen-bond donors (Lipinski definition) is 1. The molecule has 1 aliphatic heterocycles. The van der Waals surface area contributed by atoms with Gasteiger partial charge in [0.15, 0.2) is 0 Å². The molecule has 104 valence electrons. The van der Waals surface area contributed by atoms with E-state index < -0.39 is 0 Å². The van der Waals surface area contributed by atoms with Crippen LogP contribution in [-0.2, 0) is 11.2 Å². The molecule has 0 radical (unpaired) electrons. The van der Waals surface area contributed by atoms with Gasteiger partial charge in [0, 0.05) is 19.6 Å². The Balaban J connectivity index is 2.10. The van der Waals surface area contributed by atoms with E-state index in [1.54, 1.807) is 0 Å². The molecule has 1 aliphatic rings. The fraction of sp³-hybridized carbons (Fsp3) is 0.562. The molecule has 1 saturated heterocycles. The smallest absolute Gasteiger partial charge is 0.227 e. The molecule has 0 spiro atoms. The van der Waals surface area contributed by atoms with Gasteiger partial charge in [-0.15, -0.1) is 0 Å². The van der Waals surface area contributed by atoms with Gasteiger partial charge in [-0.1, -0.05) is 18.2 Å². The van der Waals surface area contributed by atoms with Crippen LogP contribution < -0.4 is 5.73 Å². The first kappa shape index (κ1) is 14.1. The number of rotatable bonds is 4. The Kier molecular flexibility index (Phi) is 4.59. The molecule has 1 heterocycles. The Morgan fingerprint density at radius 1 is 1.32 bits per heavy atom. The van der Waals surface area contributed by atoms with Crippen LogP contribution in [0, 0.1) is 19.8 Å². The van der Waals surface area contributed by atoms with Crippen LogP contribution in [0.1, 0.15) is 29.5 Å². The minimum Gasteiger partial charge on any atom is -0.342 e. The number of carbonyl (C=O) groups excluding carboxylic acids is 1. The second kappa shape index (κ2) is 6.20. The Bertz CT molecular complexity index is 450. The topological polar surface area (TPSA) is 46.3 Å². The van der Waals surface area contributed by atoms with Gasteiger partial charge in [-0.2, -0.15) is 0 Å². The van der Waals surface area contributed by atoms with E-state index in [4.69, 9.17) is 5.73 Å². The molecule has 0 aliphatic carbocycles. The van der Waals surface area contributed by atoms with Crippen LogP contribution in [0.5, 0.6) is 0 Å². The van der Waals surface area contributed by atoms with E-state index in [0.29, 0.717) is 6.54 Å². The summed E-state index contributed by atoms with van der Waals surface area (Å²) in [7, 11) is 0. The van der Waals surface area contributed by atoms with Crippen molar-refractivity contribution in [3.63, 3.8) is 0 Å². The molecule has 1 aromatic rings. The van der Waals surface area contributed by atoms with Crippen LogP contribution in [-0.4, -0.2) is 30.4 Å². The summed E-state index contributed by atoms with van der Waals surface area (Å²) in [5.41, 5.74) is 9.65. The first-order chi connectivity index (χ1) is 9.13. The molecule has 1 aromatic carbocycles. The maximum atomic E-state index is 12.4. The number of benzene rings is 1. The average Bonchev–Trinajstić information content (AvgIpc) is 2.94. The first-order valence-electron chi connectivity index (χ1n) is 7.17. The van der Waals surface area contributed by atoms with E-state index in [9.17, 15) is 4.79 Å². The Morgan fingerprint density at radius 2 is 2.00 bits per heavy atom. The van der Waals surface area contributed by atoms with E-state index in [-0.39, 0.29) is 11.8 Å². The third-order valence-corrected chi connectivity index (χ3v) is 4.23. The van der Waals surface area contributed by atoms with Crippen molar-refractivity contribution in [2.45, 2.75) is 33.1 Å². The Hall–Kier alpha value is -1.35. The highest BCUT2D eigenvalue weighted by Gasteiger charge is 2.25. The number of hydrogen-bond acceptors (Lipinski definition) is 2. The predicted octanol–water partition coefficient (Wildman–Crippen LogP) is 2.04. The maximum absolute atomic E-state index is 12.4. The first-order valence-corrected chi connectivity index (χ1v) is 7.17. The van der Waals surface area contributed by atoms with Gasteiger partial charge in [-0.3, -0.25) is 4.79 Å². The Labute approximate surface area is 115 Å². The number of nitrogens with two attached hydrogens (primary N) is 1. The van der Waals surface area contributed by atoms with Crippen LogP contribution in [0.3, 0.4) is 0 Å². The molecular weight excluding hydrogens is 236 g/mol. The number of carbonyl (C=O) groups is 1. The summed E-state index contributed by atoms with van der Waals surface area (Å²) >= 11 is 0. The van der Waals surface area contributed by atoms with Crippen LogP contribution in [0.4, 0.5) is 0 Å². The second-order valence-electron chi connectivity index (χ2n) is 5.53. The van der Waals surface area contributed by atoms with Gasteiger partial charge in [0.05, 0.1) is 5.92 Å². The van der Waals surface area contributed by atoms with Crippen molar-refractivity contribution in [2.75, 3.05) is 19.6 Å². The molecule has 1 amide bonds. The van der Waals surface area contributed by atoms with Gasteiger partial charge >= 0.3 is 0 Å². The van der Waals surface area contributed by atoms with Crippen LogP contribution >= 0.6 is 0 Å². The van der Waals surface area contributed by atoms with Gasteiger partial charge in [-0.25, -0.2) is 0 Å². The van der Waals surface area contributed by atoms with Gasteiger partial charge in [0.25, 0.3) is 0 Å². The summed E-state index contributed by atoms with van der Waals surface area (Å²) in [5.74, 6) is 0.166. The molecule has 2 rings (SSSR count). The third-order valence-electron chi connectivity index (χ3n) is 4.23. The summed E-state index contributed by atoms with van der Waals surface area (Å²) in [4.78, 5) is 14.4. The lowest BCUT2D eigenvalue weighted by Crippen LogP contribution is -2.38. The van der Waals surface area contributed by atoms with E-state index in [2.05, 4.69) is 32.0 Å².